The maximum Gasteiger partial charge on any atom is 0.204 e. The lowest BCUT2D eigenvalue weighted by Crippen LogP contribution is -2.29. The van der Waals surface area contributed by atoms with E-state index < -0.39 is 0 Å². The van der Waals surface area contributed by atoms with Gasteiger partial charge in [-0.1, -0.05) is 18.3 Å². The van der Waals surface area contributed by atoms with Crippen molar-refractivity contribution in [2.45, 2.75) is 32.7 Å². The van der Waals surface area contributed by atoms with Crippen LogP contribution in [0.2, 0.25) is 0 Å². The van der Waals surface area contributed by atoms with Gasteiger partial charge in [-0.3, -0.25) is 5.10 Å². The van der Waals surface area contributed by atoms with E-state index in [0.717, 1.165) is 11.6 Å². The number of nitrogens with zero attached hydrogens (tertiary/aromatic N) is 1. The fourth-order valence-corrected chi connectivity index (χ4v) is 1.63. The third kappa shape index (κ3) is 2.57. The zero-order valence-electron chi connectivity index (χ0n) is 7.47. The second-order valence-electron chi connectivity index (χ2n) is 3.28. The van der Waals surface area contributed by atoms with Crippen molar-refractivity contribution >= 4 is 28.7 Å². The molecular weight excluding hydrogens is 190 g/mol. The Bertz CT molecular complexity index is 300. The summed E-state index contributed by atoms with van der Waals surface area (Å²) >= 11 is 6.39. The highest BCUT2D eigenvalue weighted by atomic mass is 32.1. The highest BCUT2D eigenvalue weighted by molar-refractivity contribution is 7.73. The normalized spacial score (nSPS) is 11.6. The average molecular weight is 203 g/mol. The van der Waals surface area contributed by atoms with E-state index in [4.69, 9.17) is 12.2 Å². The number of rotatable bonds is 3. The molecule has 0 fully saturated rings. The molecule has 0 aliphatic rings. The molecule has 1 rings (SSSR count). The molecule has 0 bridgehead atoms. The van der Waals surface area contributed by atoms with E-state index >= 15 is 0 Å². The summed E-state index contributed by atoms with van der Waals surface area (Å²) in [4.78, 5) is 0. The summed E-state index contributed by atoms with van der Waals surface area (Å²) in [6.07, 6.45) is 1.05. The average Bonchev–Trinajstić information content (AvgIpc) is 2.35. The van der Waals surface area contributed by atoms with Crippen LogP contribution in [0, 0.1) is 3.95 Å². The molecule has 0 aliphatic carbocycles. The summed E-state index contributed by atoms with van der Waals surface area (Å²) in [5.41, 5.74) is 0.0907. The van der Waals surface area contributed by atoms with Crippen LogP contribution in [0.15, 0.2) is 0 Å². The smallest absolute Gasteiger partial charge is 0.204 e. The molecule has 0 unspecified atom stereocenters. The van der Waals surface area contributed by atoms with E-state index in [1.54, 1.807) is 0 Å². The van der Waals surface area contributed by atoms with Crippen LogP contribution in [0.5, 0.6) is 0 Å². The Morgan fingerprint density at radius 2 is 2.33 bits per heavy atom. The number of anilines is 1. The fourth-order valence-electron chi connectivity index (χ4n) is 0.661. The van der Waals surface area contributed by atoms with Gasteiger partial charge < -0.3 is 5.32 Å². The van der Waals surface area contributed by atoms with Crippen molar-refractivity contribution in [3.05, 3.63) is 3.95 Å². The van der Waals surface area contributed by atoms with Crippen molar-refractivity contribution in [2.75, 3.05) is 5.32 Å². The van der Waals surface area contributed by atoms with E-state index in [2.05, 4.69) is 36.3 Å². The maximum absolute atomic E-state index is 4.92. The molecule has 0 atom stereocenters. The van der Waals surface area contributed by atoms with Crippen molar-refractivity contribution in [3.63, 3.8) is 0 Å². The maximum atomic E-state index is 4.92. The number of aromatic amines is 1. The van der Waals surface area contributed by atoms with Crippen molar-refractivity contribution in [2.24, 2.45) is 0 Å². The Balaban J connectivity index is 2.70. The molecule has 1 heterocycles. The molecule has 2 N–H and O–H groups in total. The van der Waals surface area contributed by atoms with Crippen LogP contribution in [0.3, 0.4) is 0 Å². The summed E-state index contributed by atoms with van der Waals surface area (Å²) < 4.78 is 0.712. The molecular formula is C7H13N3S2. The standard InChI is InChI=1S/C7H13N3S2/c1-4-7(2,3)8-5-9-10-6(11)12-5/h4H2,1-3H3,(H,8,9)(H,10,11). The number of hydrogen-bond donors (Lipinski definition) is 2. The Labute approximate surface area is 81.2 Å². The van der Waals surface area contributed by atoms with E-state index in [-0.39, 0.29) is 5.54 Å². The van der Waals surface area contributed by atoms with Gasteiger partial charge in [-0.25, -0.2) is 0 Å². The second-order valence-corrected chi connectivity index (χ2v) is 4.95. The quantitative estimate of drug-likeness (QED) is 0.742. The van der Waals surface area contributed by atoms with Crippen LogP contribution in [-0.2, 0) is 0 Å². The predicted molar refractivity (Wildman–Crippen MR) is 55.3 cm³/mol. The monoisotopic (exact) mass is 203 g/mol. The molecule has 0 spiro atoms. The third-order valence-electron chi connectivity index (χ3n) is 1.77. The molecule has 0 radical (unpaired) electrons. The number of nitrogens with one attached hydrogen (secondary N) is 2. The van der Waals surface area contributed by atoms with Crippen LogP contribution >= 0.6 is 23.6 Å². The molecule has 0 saturated heterocycles. The summed E-state index contributed by atoms with van der Waals surface area (Å²) in [5, 5.41) is 10.9. The van der Waals surface area contributed by atoms with Gasteiger partial charge >= 0.3 is 0 Å². The first kappa shape index (κ1) is 9.67. The van der Waals surface area contributed by atoms with Crippen molar-refractivity contribution in [3.8, 4) is 0 Å². The van der Waals surface area contributed by atoms with Crippen LogP contribution in [0.25, 0.3) is 0 Å². The van der Waals surface area contributed by atoms with Gasteiger partial charge in [0.1, 0.15) is 0 Å². The first-order valence-electron chi connectivity index (χ1n) is 3.87. The van der Waals surface area contributed by atoms with E-state index in [1.807, 2.05) is 0 Å². The highest BCUT2D eigenvalue weighted by Gasteiger charge is 2.15. The zero-order chi connectivity index (χ0) is 9.19. The zero-order valence-corrected chi connectivity index (χ0v) is 9.10. The van der Waals surface area contributed by atoms with Crippen molar-refractivity contribution in [1.82, 2.24) is 10.2 Å². The third-order valence-corrected chi connectivity index (χ3v) is 2.77. The van der Waals surface area contributed by atoms with Crippen LogP contribution in [0.1, 0.15) is 27.2 Å². The molecule has 3 nitrogen and oxygen atoms in total. The number of hydrogen-bond acceptors (Lipinski definition) is 4. The molecule has 0 saturated carbocycles. The Morgan fingerprint density at radius 3 is 2.75 bits per heavy atom. The summed E-state index contributed by atoms with van der Waals surface area (Å²) in [6, 6.07) is 0. The number of aromatic nitrogens is 2. The SMILES string of the molecule is CCC(C)(C)Nc1n[nH]c(=S)s1. The van der Waals surface area contributed by atoms with Crippen LogP contribution in [-0.4, -0.2) is 15.7 Å². The molecule has 1 aromatic rings. The molecule has 0 amide bonds. The first-order valence-corrected chi connectivity index (χ1v) is 5.09. The predicted octanol–water partition coefficient (Wildman–Crippen LogP) is 2.80. The lowest BCUT2D eigenvalue weighted by molar-refractivity contribution is 0.546. The van der Waals surface area contributed by atoms with Gasteiger partial charge in [-0.15, -0.1) is 5.10 Å². The van der Waals surface area contributed by atoms with E-state index in [0.29, 0.717) is 3.95 Å². The minimum absolute atomic E-state index is 0.0907. The van der Waals surface area contributed by atoms with Crippen molar-refractivity contribution in [1.29, 1.82) is 0 Å². The van der Waals surface area contributed by atoms with Gasteiger partial charge in [-0.05, 0) is 32.5 Å². The molecule has 5 heteroatoms. The lowest BCUT2D eigenvalue weighted by Gasteiger charge is -2.23. The summed E-state index contributed by atoms with van der Waals surface area (Å²) in [7, 11) is 0. The topological polar surface area (TPSA) is 40.7 Å². The number of H-pyrrole nitrogens is 1. The van der Waals surface area contributed by atoms with Gasteiger partial charge in [-0.2, -0.15) is 0 Å². The molecule has 1 aromatic heterocycles. The van der Waals surface area contributed by atoms with Gasteiger partial charge in [0.05, 0.1) is 0 Å². The van der Waals surface area contributed by atoms with Gasteiger partial charge in [0.2, 0.25) is 5.13 Å². The Morgan fingerprint density at radius 1 is 1.67 bits per heavy atom. The van der Waals surface area contributed by atoms with Gasteiger partial charge in [0.25, 0.3) is 0 Å². The molecule has 0 aromatic carbocycles. The fraction of sp³-hybridized carbons (Fsp3) is 0.714. The Hall–Kier alpha value is -0.420. The Kier molecular flexibility index (Phi) is 2.85. The second kappa shape index (κ2) is 3.53. The minimum atomic E-state index is 0.0907. The lowest BCUT2D eigenvalue weighted by atomic mass is 10.0. The molecule has 68 valence electrons. The first-order chi connectivity index (χ1) is 5.53. The summed E-state index contributed by atoms with van der Waals surface area (Å²) in [5.74, 6) is 0. The minimum Gasteiger partial charge on any atom is -0.355 e. The summed E-state index contributed by atoms with van der Waals surface area (Å²) in [6.45, 7) is 6.41. The van der Waals surface area contributed by atoms with E-state index in [1.165, 1.54) is 11.3 Å². The van der Waals surface area contributed by atoms with Crippen molar-refractivity contribution < 1.29 is 0 Å². The van der Waals surface area contributed by atoms with E-state index in [9.17, 15) is 0 Å². The van der Waals surface area contributed by atoms with Gasteiger partial charge in [0, 0.05) is 5.54 Å². The molecule has 0 aliphatic heterocycles. The largest absolute Gasteiger partial charge is 0.355 e. The van der Waals surface area contributed by atoms with Crippen LogP contribution in [0.4, 0.5) is 5.13 Å². The molecule has 12 heavy (non-hydrogen) atoms. The van der Waals surface area contributed by atoms with Crippen LogP contribution < -0.4 is 5.32 Å². The van der Waals surface area contributed by atoms with Gasteiger partial charge in [0.15, 0.2) is 3.95 Å². The highest BCUT2D eigenvalue weighted by Crippen LogP contribution is 2.19.